The molecule has 1 heterocycles. The third kappa shape index (κ3) is 4.39. The van der Waals surface area contributed by atoms with Gasteiger partial charge in [0.2, 0.25) is 5.91 Å². The summed E-state index contributed by atoms with van der Waals surface area (Å²) >= 11 is 0. The first kappa shape index (κ1) is 17.9. The highest BCUT2D eigenvalue weighted by Gasteiger charge is 2.38. The Bertz CT molecular complexity index is 741. The number of aliphatic imine (C=N–C) groups is 1. The number of guanidine groups is 1. The van der Waals surface area contributed by atoms with Crippen molar-refractivity contribution < 1.29 is 4.79 Å². The van der Waals surface area contributed by atoms with Gasteiger partial charge in [0.25, 0.3) is 0 Å². The van der Waals surface area contributed by atoms with E-state index in [4.69, 9.17) is 0 Å². The molecule has 0 aliphatic heterocycles. The van der Waals surface area contributed by atoms with Gasteiger partial charge in [-0.15, -0.1) is 0 Å². The summed E-state index contributed by atoms with van der Waals surface area (Å²) in [6.07, 6.45) is 6.87. The minimum atomic E-state index is -0.137. The maximum Gasteiger partial charge on any atom is 0.243 e. The summed E-state index contributed by atoms with van der Waals surface area (Å²) in [6.45, 7) is 0.952. The van der Waals surface area contributed by atoms with Gasteiger partial charge in [-0.2, -0.15) is 0 Å². The van der Waals surface area contributed by atoms with Crippen LogP contribution in [0.2, 0.25) is 0 Å². The van der Waals surface area contributed by atoms with E-state index in [1.54, 1.807) is 31.6 Å². The number of amides is 1. The normalized spacial score (nSPS) is 15.7. The maximum absolute atomic E-state index is 12.0. The lowest BCUT2D eigenvalue weighted by molar-refractivity contribution is -0.115. The van der Waals surface area contributed by atoms with E-state index in [-0.39, 0.29) is 17.9 Å². The van der Waals surface area contributed by atoms with Gasteiger partial charge in [-0.1, -0.05) is 36.8 Å². The molecule has 1 fully saturated rings. The van der Waals surface area contributed by atoms with Crippen molar-refractivity contribution >= 4 is 17.6 Å². The van der Waals surface area contributed by atoms with E-state index < -0.39 is 0 Å². The Hall–Kier alpha value is -2.89. The Labute approximate surface area is 154 Å². The van der Waals surface area contributed by atoms with Gasteiger partial charge in [-0.05, 0) is 30.5 Å². The molecule has 3 N–H and O–H groups in total. The molecule has 26 heavy (non-hydrogen) atoms. The molecule has 6 nitrogen and oxygen atoms in total. The average molecular weight is 351 g/mol. The first-order valence-corrected chi connectivity index (χ1v) is 8.92. The average Bonchev–Trinajstić information content (AvgIpc) is 2.65. The zero-order chi connectivity index (χ0) is 18.2. The van der Waals surface area contributed by atoms with Crippen molar-refractivity contribution in [3.8, 4) is 0 Å². The van der Waals surface area contributed by atoms with Crippen molar-refractivity contribution in [2.45, 2.75) is 24.7 Å². The Morgan fingerprint density at radius 2 is 1.96 bits per heavy atom. The largest absolute Gasteiger partial charge is 0.356 e. The molecule has 0 spiro atoms. The predicted octanol–water partition coefficient (Wildman–Crippen LogP) is 2.31. The monoisotopic (exact) mass is 351 g/mol. The molecule has 1 aliphatic rings. The van der Waals surface area contributed by atoms with E-state index in [1.165, 1.54) is 24.8 Å². The quantitative estimate of drug-likeness (QED) is 0.551. The molecule has 6 heteroatoms. The number of nitrogens with one attached hydrogen (secondary N) is 3. The summed E-state index contributed by atoms with van der Waals surface area (Å²) in [4.78, 5) is 20.2. The Morgan fingerprint density at radius 1 is 1.15 bits per heavy atom. The highest BCUT2D eigenvalue weighted by molar-refractivity contribution is 5.94. The van der Waals surface area contributed by atoms with E-state index in [1.807, 2.05) is 6.07 Å². The molecule has 1 saturated carbocycles. The number of aromatic nitrogens is 1. The molecule has 3 rings (SSSR count). The highest BCUT2D eigenvalue weighted by Crippen LogP contribution is 2.43. The van der Waals surface area contributed by atoms with Gasteiger partial charge >= 0.3 is 0 Å². The molecule has 0 bridgehead atoms. The van der Waals surface area contributed by atoms with E-state index in [0.29, 0.717) is 11.6 Å². The first-order chi connectivity index (χ1) is 12.7. The molecular weight excluding hydrogens is 326 g/mol. The van der Waals surface area contributed by atoms with Crippen LogP contribution in [-0.4, -0.2) is 37.0 Å². The molecule has 1 aromatic carbocycles. The van der Waals surface area contributed by atoms with Gasteiger partial charge in [-0.25, -0.2) is 0 Å². The number of carbonyl (C=O) groups is 1. The van der Waals surface area contributed by atoms with Crippen LogP contribution in [-0.2, 0) is 10.2 Å². The second kappa shape index (κ2) is 8.47. The number of anilines is 1. The van der Waals surface area contributed by atoms with Gasteiger partial charge < -0.3 is 16.0 Å². The molecular formula is C20H25N5O. The molecule has 1 amide bonds. The fourth-order valence-electron chi connectivity index (χ4n) is 3.24. The molecule has 0 saturated heterocycles. The van der Waals surface area contributed by atoms with Crippen LogP contribution in [0.5, 0.6) is 0 Å². The van der Waals surface area contributed by atoms with E-state index in [9.17, 15) is 4.79 Å². The lowest BCUT2D eigenvalue weighted by atomic mass is 9.64. The number of benzene rings is 1. The molecule has 1 aliphatic carbocycles. The van der Waals surface area contributed by atoms with Crippen molar-refractivity contribution in [1.29, 1.82) is 0 Å². The summed E-state index contributed by atoms with van der Waals surface area (Å²) < 4.78 is 0. The summed E-state index contributed by atoms with van der Waals surface area (Å²) in [7, 11) is 1.71. The number of hydrogen-bond acceptors (Lipinski definition) is 3. The van der Waals surface area contributed by atoms with Crippen molar-refractivity contribution in [2.75, 3.05) is 25.5 Å². The van der Waals surface area contributed by atoms with Crippen molar-refractivity contribution in [2.24, 2.45) is 4.99 Å². The minimum absolute atomic E-state index is 0.137. The van der Waals surface area contributed by atoms with Crippen LogP contribution < -0.4 is 16.0 Å². The van der Waals surface area contributed by atoms with Gasteiger partial charge in [0.15, 0.2) is 5.96 Å². The fraction of sp³-hybridized carbons (Fsp3) is 0.350. The number of carbonyl (C=O) groups excluding carboxylic acids is 1. The predicted molar refractivity (Wildman–Crippen MR) is 104 cm³/mol. The smallest absolute Gasteiger partial charge is 0.243 e. The minimum Gasteiger partial charge on any atom is -0.356 e. The third-order valence-corrected chi connectivity index (χ3v) is 4.88. The molecule has 0 radical (unpaired) electrons. The Balaban J connectivity index is 1.50. The lowest BCUT2D eigenvalue weighted by Crippen LogP contribution is -2.49. The molecule has 0 unspecified atom stereocenters. The van der Waals surface area contributed by atoms with Gasteiger partial charge in [-0.3, -0.25) is 14.8 Å². The van der Waals surface area contributed by atoms with Crippen LogP contribution >= 0.6 is 0 Å². The number of rotatable bonds is 6. The van der Waals surface area contributed by atoms with Crippen LogP contribution in [0.25, 0.3) is 0 Å². The van der Waals surface area contributed by atoms with Crippen molar-refractivity contribution in [3.05, 3.63) is 60.4 Å². The topological polar surface area (TPSA) is 78.4 Å². The highest BCUT2D eigenvalue weighted by atomic mass is 16.1. The van der Waals surface area contributed by atoms with Crippen LogP contribution in [0.4, 0.5) is 5.69 Å². The summed E-state index contributed by atoms with van der Waals surface area (Å²) in [6, 6.07) is 14.2. The molecule has 1 aromatic heterocycles. The first-order valence-electron chi connectivity index (χ1n) is 8.92. The summed E-state index contributed by atoms with van der Waals surface area (Å²) in [5, 5.41) is 9.24. The third-order valence-electron chi connectivity index (χ3n) is 4.88. The Morgan fingerprint density at radius 3 is 2.58 bits per heavy atom. The SMILES string of the molecule is CN=C(NCC(=O)Nc1cccnc1)NCC1(c2ccccc2)CCC1. The van der Waals surface area contributed by atoms with E-state index in [2.05, 4.69) is 50.2 Å². The molecule has 136 valence electrons. The van der Waals surface area contributed by atoms with E-state index >= 15 is 0 Å². The number of nitrogens with zero attached hydrogens (tertiary/aromatic N) is 2. The van der Waals surface area contributed by atoms with Gasteiger partial charge in [0.1, 0.15) is 0 Å². The Kier molecular flexibility index (Phi) is 5.84. The fourth-order valence-corrected chi connectivity index (χ4v) is 3.24. The summed E-state index contributed by atoms with van der Waals surface area (Å²) in [5.74, 6) is 0.496. The van der Waals surface area contributed by atoms with Crippen molar-refractivity contribution in [3.63, 3.8) is 0 Å². The van der Waals surface area contributed by atoms with Crippen LogP contribution in [0.1, 0.15) is 24.8 Å². The standard InChI is InChI=1S/C20H25N5O/c1-21-19(23-14-18(26)25-17-9-5-12-22-13-17)24-15-20(10-6-11-20)16-7-3-2-4-8-16/h2-5,7-9,12-13H,6,10-11,14-15H2,1H3,(H,25,26)(H2,21,23,24). The van der Waals surface area contributed by atoms with Crippen LogP contribution in [0, 0.1) is 0 Å². The zero-order valence-corrected chi connectivity index (χ0v) is 15.0. The second-order valence-electron chi connectivity index (χ2n) is 6.57. The van der Waals surface area contributed by atoms with E-state index in [0.717, 1.165) is 6.54 Å². The van der Waals surface area contributed by atoms with Gasteiger partial charge in [0, 0.05) is 25.2 Å². The molecule has 2 aromatic rings. The number of hydrogen-bond donors (Lipinski definition) is 3. The zero-order valence-electron chi connectivity index (χ0n) is 15.0. The van der Waals surface area contributed by atoms with Gasteiger partial charge in [0.05, 0.1) is 18.4 Å². The lowest BCUT2D eigenvalue weighted by Gasteiger charge is -2.43. The van der Waals surface area contributed by atoms with Crippen LogP contribution in [0.3, 0.4) is 0 Å². The van der Waals surface area contributed by atoms with Crippen LogP contribution in [0.15, 0.2) is 59.9 Å². The maximum atomic E-state index is 12.0. The number of pyridine rings is 1. The van der Waals surface area contributed by atoms with Crippen molar-refractivity contribution in [1.82, 2.24) is 15.6 Å². The second-order valence-corrected chi connectivity index (χ2v) is 6.57. The summed E-state index contributed by atoms with van der Waals surface area (Å²) in [5.41, 5.74) is 2.21. The molecule has 0 atom stereocenters.